The number of halogens is 2. The molecule has 3 aromatic rings. The van der Waals surface area contributed by atoms with Crippen LogP contribution < -0.4 is 5.32 Å². The molecule has 5 nitrogen and oxygen atoms in total. The molecule has 7 heteroatoms. The molecule has 0 unspecified atom stereocenters. The largest absolute Gasteiger partial charge is 0.458 e. The van der Waals surface area contributed by atoms with Crippen molar-refractivity contribution in [2.24, 2.45) is 5.41 Å². The van der Waals surface area contributed by atoms with Crippen molar-refractivity contribution in [3.05, 3.63) is 51.7 Å². The van der Waals surface area contributed by atoms with Gasteiger partial charge in [-0.2, -0.15) is 0 Å². The summed E-state index contributed by atoms with van der Waals surface area (Å²) in [4.78, 5) is 16.7. The van der Waals surface area contributed by atoms with Crippen LogP contribution in [0.2, 0.25) is 5.02 Å². The van der Waals surface area contributed by atoms with Crippen LogP contribution in [0.5, 0.6) is 0 Å². The first-order valence-electron chi connectivity index (χ1n) is 8.61. The predicted molar refractivity (Wildman–Crippen MR) is 100 cm³/mol. The van der Waals surface area contributed by atoms with Crippen molar-refractivity contribution in [2.75, 3.05) is 0 Å². The highest BCUT2D eigenvalue weighted by Crippen LogP contribution is 2.61. The molecule has 2 aliphatic rings. The molecule has 5 rings (SSSR count). The third-order valence-corrected chi connectivity index (χ3v) is 6.21. The number of furan rings is 1. The number of carbonyl (C=O) groups is 1. The summed E-state index contributed by atoms with van der Waals surface area (Å²) in [5.74, 6) is 1.36. The van der Waals surface area contributed by atoms with Gasteiger partial charge < -0.3 is 14.2 Å². The van der Waals surface area contributed by atoms with E-state index >= 15 is 0 Å². The minimum Gasteiger partial charge on any atom is -0.458 e. The third-order valence-electron chi connectivity index (χ3n) is 5.56. The summed E-state index contributed by atoms with van der Waals surface area (Å²) in [5.41, 5.74) is 1.93. The van der Waals surface area contributed by atoms with E-state index in [4.69, 9.17) is 20.4 Å². The van der Waals surface area contributed by atoms with Crippen LogP contribution in [0.15, 0.2) is 43.8 Å². The van der Waals surface area contributed by atoms with Crippen molar-refractivity contribution in [1.29, 1.82) is 0 Å². The Morgan fingerprint density at radius 3 is 2.81 bits per heavy atom. The summed E-state index contributed by atoms with van der Waals surface area (Å²) in [6.45, 7) is 0. The molecule has 0 saturated heterocycles. The quantitative estimate of drug-likeness (QED) is 0.607. The van der Waals surface area contributed by atoms with E-state index in [1.807, 2.05) is 18.2 Å². The first-order chi connectivity index (χ1) is 12.5. The fraction of sp³-hybridized carbons (Fsp3) is 0.368. The van der Waals surface area contributed by atoms with E-state index in [9.17, 15) is 4.79 Å². The van der Waals surface area contributed by atoms with Crippen LogP contribution in [0.1, 0.15) is 48.0 Å². The van der Waals surface area contributed by atoms with E-state index in [1.54, 1.807) is 6.07 Å². The Labute approximate surface area is 163 Å². The van der Waals surface area contributed by atoms with E-state index in [1.165, 1.54) is 6.26 Å². The van der Waals surface area contributed by atoms with Gasteiger partial charge in [-0.15, -0.1) is 0 Å². The summed E-state index contributed by atoms with van der Waals surface area (Å²) in [7, 11) is 0. The molecule has 0 bridgehead atoms. The Hall–Kier alpha value is -1.79. The van der Waals surface area contributed by atoms with Crippen molar-refractivity contribution < 1.29 is 13.6 Å². The smallest absolute Gasteiger partial charge is 0.287 e. The Bertz CT molecular complexity index is 997. The Balaban J connectivity index is 1.18. The second-order valence-electron chi connectivity index (χ2n) is 7.48. The van der Waals surface area contributed by atoms with Crippen molar-refractivity contribution >= 4 is 44.5 Å². The molecule has 2 fully saturated rings. The topological polar surface area (TPSA) is 68.3 Å². The van der Waals surface area contributed by atoms with Gasteiger partial charge in [0, 0.05) is 23.0 Å². The van der Waals surface area contributed by atoms with E-state index < -0.39 is 0 Å². The lowest BCUT2D eigenvalue weighted by atomic mass is 9.50. The van der Waals surface area contributed by atoms with Crippen LogP contribution in [-0.4, -0.2) is 16.9 Å². The molecular formula is C19H16BrClN2O3. The normalized spacial score (nSPS) is 27.3. The highest BCUT2D eigenvalue weighted by Gasteiger charge is 2.54. The lowest BCUT2D eigenvalue weighted by molar-refractivity contribution is -0.0256. The van der Waals surface area contributed by atoms with E-state index in [0.717, 1.165) is 47.1 Å². The third kappa shape index (κ3) is 2.76. The summed E-state index contributed by atoms with van der Waals surface area (Å²) >= 11 is 9.30. The van der Waals surface area contributed by atoms with E-state index in [2.05, 4.69) is 26.2 Å². The van der Waals surface area contributed by atoms with Crippen LogP contribution in [-0.2, 0) is 0 Å². The maximum Gasteiger partial charge on any atom is 0.287 e. The van der Waals surface area contributed by atoms with Crippen molar-refractivity contribution in [3.63, 3.8) is 0 Å². The minimum absolute atomic E-state index is 0.151. The fourth-order valence-corrected chi connectivity index (χ4v) is 4.83. The number of nitrogens with zero attached hydrogens (tertiary/aromatic N) is 1. The summed E-state index contributed by atoms with van der Waals surface area (Å²) in [5, 5.41) is 3.71. The van der Waals surface area contributed by atoms with Crippen LogP contribution in [0.4, 0.5) is 0 Å². The van der Waals surface area contributed by atoms with Gasteiger partial charge in [0.15, 0.2) is 17.2 Å². The van der Waals surface area contributed by atoms with Crippen molar-refractivity contribution in [3.8, 4) is 0 Å². The van der Waals surface area contributed by atoms with Gasteiger partial charge >= 0.3 is 0 Å². The standard InChI is InChI=1S/C19H16BrClN2O3/c20-11-3-16(25-9-11)17(24)22-13-7-19(8-13)5-10(6-19)18-23-14-4-12(21)1-2-15(14)26-18/h1-4,9-10,13H,5-8H2,(H,22,24). The van der Waals surface area contributed by atoms with Crippen molar-refractivity contribution in [1.82, 2.24) is 10.3 Å². The SMILES string of the molecule is O=C(NC1CC2(C1)CC(c1nc3cc(Cl)ccc3o1)C2)c1cc(Br)co1. The zero-order chi connectivity index (χ0) is 17.9. The second-order valence-corrected chi connectivity index (χ2v) is 8.83. The van der Waals surface area contributed by atoms with Crippen LogP contribution >= 0.6 is 27.5 Å². The van der Waals surface area contributed by atoms with Gasteiger partial charge in [-0.25, -0.2) is 4.98 Å². The van der Waals surface area contributed by atoms with Crippen molar-refractivity contribution in [2.45, 2.75) is 37.6 Å². The Kier molecular flexibility index (Phi) is 3.69. The monoisotopic (exact) mass is 434 g/mol. The van der Waals surface area contributed by atoms with Gasteiger partial charge in [0.25, 0.3) is 5.91 Å². The number of amides is 1. The summed E-state index contributed by atoms with van der Waals surface area (Å²) < 4.78 is 11.9. The number of hydrogen-bond acceptors (Lipinski definition) is 4. The molecule has 2 heterocycles. The first kappa shape index (κ1) is 16.4. The summed E-state index contributed by atoms with van der Waals surface area (Å²) in [6, 6.07) is 7.42. The highest BCUT2D eigenvalue weighted by atomic mass is 79.9. The number of oxazole rings is 1. The zero-order valence-electron chi connectivity index (χ0n) is 13.8. The maximum absolute atomic E-state index is 12.1. The molecule has 1 amide bonds. The Morgan fingerprint density at radius 2 is 2.08 bits per heavy atom. The molecule has 0 aliphatic heterocycles. The van der Waals surface area contributed by atoms with Gasteiger partial charge in [0.2, 0.25) is 0 Å². The van der Waals surface area contributed by atoms with Gasteiger partial charge in [0.1, 0.15) is 11.8 Å². The predicted octanol–water partition coefficient (Wildman–Crippen LogP) is 5.29. The lowest BCUT2D eigenvalue weighted by Gasteiger charge is -2.57. The molecule has 2 aromatic heterocycles. The first-order valence-corrected chi connectivity index (χ1v) is 9.78. The molecule has 0 radical (unpaired) electrons. The molecule has 1 aromatic carbocycles. The number of rotatable bonds is 3. The molecule has 26 heavy (non-hydrogen) atoms. The Morgan fingerprint density at radius 1 is 1.27 bits per heavy atom. The molecule has 1 spiro atoms. The minimum atomic E-state index is -0.151. The van der Waals surface area contributed by atoms with Gasteiger partial charge in [-0.05, 0) is 65.2 Å². The van der Waals surface area contributed by atoms with E-state index in [0.29, 0.717) is 22.1 Å². The molecule has 1 N–H and O–H groups in total. The average molecular weight is 436 g/mol. The fourth-order valence-electron chi connectivity index (χ4n) is 4.36. The highest BCUT2D eigenvalue weighted by molar-refractivity contribution is 9.10. The number of hydrogen-bond donors (Lipinski definition) is 1. The number of benzene rings is 1. The number of carbonyl (C=O) groups excluding carboxylic acids is 1. The number of fused-ring (bicyclic) bond motifs is 1. The molecule has 134 valence electrons. The van der Waals surface area contributed by atoms with Crippen LogP contribution in [0.25, 0.3) is 11.1 Å². The van der Waals surface area contributed by atoms with Gasteiger partial charge in [-0.1, -0.05) is 11.6 Å². The van der Waals surface area contributed by atoms with Gasteiger partial charge in [-0.3, -0.25) is 4.79 Å². The number of aromatic nitrogens is 1. The molecule has 0 atom stereocenters. The van der Waals surface area contributed by atoms with E-state index in [-0.39, 0.29) is 11.9 Å². The maximum atomic E-state index is 12.1. The lowest BCUT2D eigenvalue weighted by Crippen LogP contribution is -2.55. The molecule has 2 aliphatic carbocycles. The number of nitrogens with one attached hydrogen (secondary N) is 1. The average Bonchev–Trinajstić information content (AvgIpc) is 3.13. The second kappa shape index (κ2) is 5.86. The van der Waals surface area contributed by atoms with Gasteiger partial charge in [0.05, 0.1) is 4.47 Å². The molecular weight excluding hydrogens is 420 g/mol. The summed E-state index contributed by atoms with van der Waals surface area (Å²) in [6.07, 6.45) is 5.64. The molecule has 2 saturated carbocycles. The van der Waals surface area contributed by atoms with Crippen LogP contribution in [0.3, 0.4) is 0 Å². The van der Waals surface area contributed by atoms with Crippen LogP contribution in [0, 0.1) is 5.41 Å². The zero-order valence-corrected chi connectivity index (χ0v) is 16.1.